The summed E-state index contributed by atoms with van der Waals surface area (Å²) in [7, 11) is 0. The van der Waals surface area contributed by atoms with E-state index >= 15 is 0 Å². The molecule has 2 fully saturated rings. The van der Waals surface area contributed by atoms with Crippen molar-refractivity contribution in [3.8, 4) is 0 Å². The number of amides is 4. The molecule has 1 N–H and O–H groups in total. The van der Waals surface area contributed by atoms with Crippen LogP contribution in [0.4, 0.5) is 4.79 Å². The van der Waals surface area contributed by atoms with Gasteiger partial charge in [0.15, 0.2) is 17.8 Å². The molecule has 2 rings (SSSR count). The van der Waals surface area contributed by atoms with Gasteiger partial charge in [-0.1, -0.05) is 20.8 Å². The summed E-state index contributed by atoms with van der Waals surface area (Å²) in [5, 5.41) is 5.55. The fourth-order valence-corrected chi connectivity index (χ4v) is 3.19. The molecule has 0 aromatic carbocycles. The molecule has 0 radical (unpaired) electrons. The second-order valence-corrected chi connectivity index (χ2v) is 4.95. The van der Waals surface area contributed by atoms with Crippen LogP contribution in [0.25, 0.3) is 5.32 Å². The van der Waals surface area contributed by atoms with Crippen LogP contribution in [-0.4, -0.2) is 17.8 Å². The summed E-state index contributed by atoms with van der Waals surface area (Å²) in [4.78, 5) is 34.9. The molecule has 17 heavy (non-hydrogen) atoms. The van der Waals surface area contributed by atoms with Crippen LogP contribution in [-0.2, 0) is 9.59 Å². The Labute approximate surface area is 122 Å². The molecule has 4 amide bonds. The Morgan fingerprint density at radius 2 is 1.82 bits per heavy atom. The normalized spacial score (nSPS) is 40.9. The molecule has 0 aromatic heterocycles. The summed E-state index contributed by atoms with van der Waals surface area (Å²) in [6.07, 6.45) is 0.810. The summed E-state index contributed by atoms with van der Waals surface area (Å²) in [5.74, 6) is -0.894. The third-order valence-corrected chi connectivity index (χ3v) is 4.23. The van der Waals surface area contributed by atoms with Gasteiger partial charge in [0.2, 0.25) is 0 Å². The Morgan fingerprint density at radius 3 is 2.24 bits per heavy atom. The number of barbiturate groups is 1. The van der Waals surface area contributed by atoms with E-state index in [1.165, 1.54) is 0 Å². The molecule has 0 aromatic rings. The number of hydrogen-bond acceptors (Lipinski definition) is 3. The molecule has 1 saturated heterocycles. The van der Waals surface area contributed by atoms with Crippen LogP contribution in [0.1, 0.15) is 27.2 Å². The third-order valence-electron chi connectivity index (χ3n) is 4.23. The number of urea groups is 1. The summed E-state index contributed by atoms with van der Waals surface area (Å²) in [5.41, 5.74) is -1.12. The summed E-state index contributed by atoms with van der Waals surface area (Å²) < 4.78 is 0. The van der Waals surface area contributed by atoms with E-state index in [4.69, 9.17) is 0 Å². The Balaban J connectivity index is 0.00000144. The van der Waals surface area contributed by atoms with Crippen molar-refractivity contribution in [2.45, 2.75) is 27.2 Å². The molecular formula is C11H15N2NaO3. The quantitative estimate of drug-likeness (QED) is 0.415. The van der Waals surface area contributed by atoms with E-state index in [0.29, 0.717) is 0 Å². The summed E-state index contributed by atoms with van der Waals surface area (Å²) in [6.45, 7) is 5.78. The Hall–Kier alpha value is -0.390. The zero-order chi connectivity index (χ0) is 12.1. The van der Waals surface area contributed by atoms with E-state index in [1.54, 1.807) is 0 Å². The maximum Gasteiger partial charge on any atom is 1.00 e. The Kier molecular flexibility index (Phi) is 4.06. The second-order valence-electron chi connectivity index (χ2n) is 4.95. The van der Waals surface area contributed by atoms with Crippen LogP contribution in [0.2, 0.25) is 0 Å². The van der Waals surface area contributed by atoms with Gasteiger partial charge < -0.3 is 10.6 Å². The number of carbonyl (C=O) groups is 3. The number of nitrogens with one attached hydrogen (secondary N) is 1. The monoisotopic (exact) mass is 246 g/mol. The molecule has 88 valence electrons. The van der Waals surface area contributed by atoms with Crippen LogP contribution < -0.4 is 34.9 Å². The van der Waals surface area contributed by atoms with E-state index in [1.807, 2.05) is 20.8 Å². The average molecular weight is 246 g/mol. The van der Waals surface area contributed by atoms with E-state index in [9.17, 15) is 14.4 Å². The van der Waals surface area contributed by atoms with E-state index in [2.05, 4.69) is 10.6 Å². The van der Waals surface area contributed by atoms with Gasteiger partial charge in [0.25, 0.3) is 0 Å². The maximum absolute atomic E-state index is 12.0. The number of carbonyl (C=O) groups excluding carboxylic acids is 3. The van der Waals surface area contributed by atoms with Gasteiger partial charge in [0, 0.05) is 0 Å². The number of hydrogen-bond donors (Lipinski definition) is 1. The van der Waals surface area contributed by atoms with Crippen LogP contribution in [0.3, 0.4) is 0 Å². The molecule has 1 spiro atoms. The van der Waals surface area contributed by atoms with Crippen molar-refractivity contribution < 1.29 is 43.9 Å². The van der Waals surface area contributed by atoms with Gasteiger partial charge in [-0.3, -0.25) is 14.4 Å². The smallest absolute Gasteiger partial charge is 0.394 e. The minimum atomic E-state index is -1.12. The summed E-state index contributed by atoms with van der Waals surface area (Å²) in [6, 6.07) is -0.834. The van der Waals surface area contributed by atoms with Crippen LogP contribution in [0.15, 0.2) is 0 Å². The van der Waals surface area contributed by atoms with Crippen molar-refractivity contribution >= 4 is 17.8 Å². The maximum atomic E-state index is 12.0. The van der Waals surface area contributed by atoms with Gasteiger partial charge in [-0.2, -0.15) is 0 Å². The fourth-order valence-electron chi connectivity index (χ4n) is 3.19. The fraction of sp³-hybridized carbons (Fsp3) is 0.727. The third kappa shape index (κ3) is 1.84. The van der Waals surface area contributed by atoms with Crippen molar-refractivity contribution in [1.29, 1.82) is 0 Å². The van der Waals surface area contributed by atoms with Gasteiger partial charge in [-0.25, -0.2) is 0 Å². The number of imide groups is 2. The first-order chi connectivity index (χ1) is 7.40. The first-order valence-electron chi connectivity index (χ1n) is 5.52. The SMILES string of the molecule is CC1CC(C)C2(C(=O)[N-]C(=O)NC2=O)C1C.[Na+]. The predicted octanol–water partition coefficient (Wildman–Crippen LogP) is -1.56. The van der Waals surface area contributed by atoms with Gasteiger partial charge in [-0.05, 0) is 24.2 Å². The van der Waals surface area contributed by atoms with Crippen molar-refractivity contribution in [3.63, 3.8) is 0 Å². The van der Waals surface area contributed by atoms with Crippen LogP contribution >= 0.6 is 0 Å². The van der Waals surface area contributed by atoms with E-state index in [-0.39, 0.29) is 47.3 Å². The molecule has 1 aliphatic heterocycles. The molecule has 0 bridgehead atoms. The Bertz CT molecular complexity index is 363. The van der Waals surface area contributed by atoms with Crippen LogP contribution in [0.5, 0.6) is 0 Å². The molecule has 4 unspecified atom stereocenters. The van der Waals surface area contributed by atoms with Gasteiger partial charge in [0.05, 0.1) is 5.41 Å². The van der Waals surface area contributed by atoms with Crippen molar-refractivity contribution in [2.75, 3.05) is 0 Å². The zero-order valence-electron chi connectivity index (χ0n) is 10.6. The average Bonchev–Trinajstić information content (AvgIpc) is 2.36. The molecule has 1 aliphatic carbocycles. The minimum Gasteiger partial charge on any atom is -0.394 e. The standard InChI is InChI=1S/C11H16N2O3.Na/c1-5-4-6(2)11(7(5)3)8(14)12-10(16)13-9(11)15;/h5-7H,4H2,1-3H3,(H2,12,13,14,15,16);/q;+1/p-1. The van der Waals surface area contributed by atoms with Crippen LogP contribution in [0, 0.1) is 23.2 Å². The molecule has 4 atom stereocenters. The largest absolute Gasteiger partial charge is 1.00 e. The molecule has 1 heterocycles. The first-order valence-corrected chi connectivity index (χ1v) is 5.52. The van der Waals surface area contributed by atoms with Gasteiger partial charge in [0.1, 0.15) is 0 Å². The molecule has 6 heteroatoms. The minimum absolute atomic E-state index is 0. The Morgan fingerprint density at radius 1 is 1.24 bits per heavy atom. The van der Waals surface area contributed by atoms with Gasteiger partial charge >= 0.3 is 29.6 Å². The van der Waals surface area contributed by atoms with E-state index in [0.717, 1.165) is 6.42 Å². The first kappa shape index (κ1) is 14.7. The molecule has 2 aliphatic rings. The zero-order valence-corrected chi connectivity index (χ0v) is 12.6. The predicted molar refractivity (Wildman–Crippen MR) is 56.4 cm³/mol. The number of nitrogens with zero attached hydrogens (tertiary/aromatic N) is 1. The van der Waals surface area contributed by atoms with Crippen molar-refractivity contribution in [2.24, 2.45) is 23.2 Å². The second kappa shape index (κ2) is 4.71. The van der Waals surface area contributed by atoms with E-state index < -0.39 is 23.3 Å². The molecule has 5 nitrogen and oxygen atoms in total. The summed E-state index contributed by atoms with van der Waals surface area (Å²) >= 11 is 0. The number of rotatable bonds is 0. The van der Waals surface area contributed by atoms with Crippen molar-refractivity contribution in [1.82, 2.24) is 5.32 Å². The topological polar surface area (TPSA) is 77.3 Å². The van der Waals surface area contributed by atoms with Gasteiger partial charge in [-0.15, -0.1) is 0 Å². The van der Waals surface area contributed by atoms with Crippen molar-refractivity contribution in [3.05, 3.63) is 5.32 Å². The molecular weight excluding hydrogens is 231 g/mol. The molecule has 1 saturated carbocycles.